The number of fused-ring (bicyclic) bond motifs is 1. The van der Waals surface area contributed by atoms with Gasteiger partial charge in [-0.2, -0.15) is 18.3 Å². The average molecular weight is 360 g/mol. The van der Waals surface area contributed by atoms with Crippen molar-refractivity contribution in [1.82, 2.24) is 9.78 Å². The van der Waals surface area contributed by atoms with E-state index in [1.54, 1.807) is 0 Å². The number of nitrogens with zero attached hydrogens (tertiary/aromatic N) is 2. The molecule has 1 aliphatic carbocycles. The van der Waals surface area contributed by atoms with E-state index in [2.05, 4.69) is 9.84 Å². The Labute approximate surface area is 139 Å². The lowest BCUT2D eigenvalue weighted by molar-refractivity contribution is -0.198. The first-order chi connectivity index (χ1) is 11.7. The first-order valence-corrected chi connectivity index (χ1v) is 7.51. The van der Waals surface area contributed by atoms with Crippen molar-refractivity contribution >= 4 is 5.97 Å². The fraction of sp³-hybridized carbons (Fsp3) is 0.375. The van der Waals surface area contributed by atoms with Crippen LogP contribution in [0.15, 0.2) is 18.2 Å². The van der Waals surface area contributed by atoms with Crippen LogP contribution in [0.5, 0.6) is 0 Å². The van der Waals surface area contributed by atoms with Gasteiger partial charge in [0.15, 0.2) is 11.8 Å². The van der Waals surface area contributed by atoms with E-state index in [-0.39, 0.29) is 11.4 Å². The third kappa shape index (κ3) is 3.35. The van der Waals surface area contributed by atoms with Gasteiger partial charge in [-0.05, 0) is 38.3 Å². The minimum atomic E-state index is -4.69. The highest BCUT2D eigenvalue weighted by Crippen LogP contribution is 2.30. The minimum absolute atomic E-state index is 0.0542. The third-order valence-electron chi connectivity index (χ3n) is 3.96. The van der Waals surface area contributed by atoms with Gasteiger partial charge in [0.2, 0.25) is 0 Å². The molecule has 1 heterocycles. The number of aromatic nitrogens is 2. The molecule has 3 rings (SSSR count). The summed E-state index contributed by atoms with van der Waals surface area (Å²) in [7, 11) is 0. The van der Waals surface area contributed by atoms with Crippen LogP contribution in [0.4, 0.5) is 22.0 Å². The van der Waals surface area contributed by atoms with Gasteiger partial charge in [0, 0.05) is 17.3 Å². The van der Waals surface area contributed by atoms with E-state index in [0.29, 0.717) is 36.6 Å². The average Bonchev–Trinajstić information content (AvgIpc) is 3.06. The molecule has 0 N–H and O–H groups in total. The molecule has 134 valence electrons. The van der Waals surface area contributed by atoms with E-state index >= 15 is 0 Å². The van der Waals surface area contributed by atoms with Crippen LogP contribution in [0.2, 0.25) is 0 Å². The lowest BCUT2D eigenvalue weighted by Crippen LogP contribution is -2.31. The Kier molecular flexibility index (Phi) is 4.26. The van der Waals surface area contributed by atoms with Crippen molar-refractivity contribution in [3.63, 3.8) is 0 Å². The molecule has 4 nitrogen and oxygen atoms in total. The van der Waals surface area contributed by atoms with Gasteiger partial charge >= 0.3 is 12.1 Å². The van der Waals surface area contributed by atoms with E-state index in [1.165, 1.54) is 4.68 Å². The minimum Gasteiger partial charge on any atom is -0.448 e. The molecular weight excluding hydrogens is 347 g/mol. The fourth-order valence-corrected chi connectivity index (χ4v) is 2.76. The number of rotatable bonds is 3. The molecule has 1 aromatic heterocycles. The number of benzene rings is 1. The van der Waals surface area contributed by atoms with Gasteiger partial charge in [-0.1, -0.05) is 0 Å². The molecule has 0 radical (unpaired) electrons. The number of ether oxygens (including phenoxy) is 1. The van der Waals surface area contributed by atoms with Gasteiger partial charge < -0.3 is 4.74 Å². The summed E-state index contributed by atoms with van der Waals surface area (Å²) in [6, 6.07) is 2.75. The Bertz CT molecular complexity index is 808. The second-order valence-corrected chi connectivity index (χ2v) is 5.76. The van der Waals surface area contributed by atoms with Gasteiger partial charge in [-0.15, -0.1) is 0 Å². The van der Waals surface area contributed by atoms with Crippen molar-refractivity contribution in [3.8, 4) is 5.69 Å². The number of carbonyl (C=O) groups is 1. The Hall–Kier alpha value is -2.45. The highest BCUT2D eigenvalue weighted by Gasteiger charge is 2.40. The van der Waals surface area contributed by atoms with E-state index in [4.69, 9.17) is 0 Å². The molecule has 1 aromatic carbocycles. The van der Waals surface area contributed by atoms with Crippen LogP contribution in [0.1, 0.15) is 35.1 Å². The van der Waals surface area contributed by atoms with Crippen LogP contribution >= 0.6 is 0 Å². The number of halogens is 5. The van der Waals surface area contributed by atoms with Gasteiger partial charge in [-0.25, -0.2) is 18.3 Å². The Morgan fingerprint density at radius 3 is 2.44 bits per heavy atom. The van der Waals surface area contributed by atoms with Crippen molar-refractivity contribution in [2.75, 3.05) is 0 Å². The summed E-state index contributed by atoms with van der Waals surface area (Å²) in [5.41, 5.74) is 0.785. The molecule has 0 saturated heterocycles. The summed E-state index contributed by atoms with van der Waals surface area (Å²) in [6.45, 7) is 0.719. The summed E-state index contributed by atoms with van der Waals surface area (Å²) in [4.78, 5) is 12.1. The lowest BCUT2D eigenvalue weighted by Gasteiger charge is -2.15. The Morgan fingerprint density at radius 1 is 1.20 bits per heavy atom. The molecule has 0 amide bonds. The molecule has 0 spiro atoms. The normalized spacial score (nSPS) is 15.1. The van der Waals surface area contributed by atoms with E-state index in [0.717, 1.165) is 19.1 Å². The van der Waals surface area contributed by atoms with E-state index < -0.39 is 29.9 Å². The molecule has 2 aromatic rings. The quantitative estimate of drug-likeness (QED) is 0.619. The van der Waals surface area contributed by atoms with Crippen molar-refractivity contribution in [2.24, 2.45) is 0 Å². The predicted molar refractivity (Wildman–Crippen MR) is 76.4 cm³/mol. The highest BCUT2D eigenvalue weighted by molar-refractivity contribution is 5.89. The second kappa shape index (κ2) is 6.12. The van der Waals surface area contributed by atoms with Gasteiger partial charge in [-0.3, -0.25) is 0 Å². The lowest BCUT2D eigenvalue weighted by atomic mass is 10.2. The molecule has 0 fully saturated rings. The molecule has 1 atom stereocenters. The molecule has 0 aliphatic heterocycles. The predicted octanol–water partition coefficient (Wildman–Crippen LogP) is 3.75. The van der Waals surface area contributed by atoms with Gasteiger partial charge in [0.1, 0.15) is 11.6 Å². The largest absolute Gasteiger partial charge is 0.448 e. The maximum Gasteiger partial charge on any atom is 0.425 e. The zero-order valence-corrected chi connectivity index (χ0v) is 13.0. The first kappa shape index (κ1) is 17.4. The van der Waals surface area contributed by atoms with Crippen LogP contribution in [0.3, 0.4) is 0 Å². The monoisotopic (exact) mass is 360 g/mol. The van der Waals surface area contributed by atoms with E-state index in [1.807, 2.05) is 0 Å². The molecule has 9 heteroatoms. The maximum absolute atomic E-state index is 13.4. The summed E-state index contributed by atoms with van der Waals surface area (Å²) in [5, 5.41) is 3.96. The Balaban J connectivity index is 1.99. The van der Waals surface area contributed by atoms with Gasteiger partial charge in [0.25, 0.3) is 0 Å². The molecule has 25 heavy (non-hydrogen) atoms. The Morgan fingerprint density at radius 2 is 1.84 bits per heavy atom. The van der Waals surface area contributed by atoms with Crippen LogP contribution in [-0.2, 0) is 17.6 Å². The van der Waals surface area contributed by atoms with Crippen LogP contribution in [0, 0.1) is 11.6 Å². The second-order valence-electron chi connectivity index (χ2n) is 5.76. The summed E-state index contributed by atoms with van der Waals surface area (Å²) in [5.74, 6) is -2.86. The van der Waals surface area contributed by atoms with Crippen molar-refractivity contribution < 1.29 is 31.5 Å². The van der Waals surface area contributed by atoms with Crippen LogP contribution < -0.4 is 0 Å². The number of carbonyl (C=O) groups excluding carboxylic acids is 1. The topological polar surface area (TPSA) is 44.1 Å². The smallest absolute Gasteiger partial charge is 0.425 e. The molecular formula is C16H13F5N2O2. The molecule has 0 saturated carbocycles. The van der Waals surface area contributed by atoms with Gasteiger partial charge in [0.05, 0.1) is 5.69 Å². The summed E-state index contributed by atoms with van der Waals surface area (Å²) < 4.78 is 70.2. The summed E-state index contributed by atoms with van der Waals surface area (Å²) >= 11 is 0. The first-order valence-electron chi connectivity index (χ1n) is 7.51. The third-order valence-corrected chi connectivity index (χ3v) is 3.96. The standard InChI is InChI=1S/C16H13F5N2O2/c1-8(16(19,20)21)25-15(24)14-12-3-2-4-13(12)23(22-14)11-6-9(17)5-10(18)7-11/h5-8H,2-4H2,1H3/t8-/m1/s1. The zero-order chi connectivity index (χ0) is 18.4. The van der Waals surface area contributed by atoms with E-state index in [9.17, 15) is 26.7 Å². The fourth-order valence-electron chi connectivity index (χ4n) is 2.76. The van der Waals surface area contributed by atoms with Crippen molar-refractivity contribution in [1.29, 1.82) is 0 Å². The zero-order valence-electron chi connectivity index (χ0n) is 13.0. The van der Waals surface area contributed by atoms with Crippen LogP contribution in [0.25, 0.3) is 5.69 Å². The molecule has 0 unspecified atom stereocenters. The highest BCUT2D eigenvalue weighted by atomic mass is 19.4. The molecule has 1 aliphatic rings. The summed E-state index contributed by atoms with van der Waals surface area (Å²) in [6.07, 6.45) is -5.40. The van der Waals surface area contributed by atoms with Crippen molar-refractivity contribution in [2.45, 2.75) is 38.5 Å². The number of hydrogen-bond acceptors (Lipinski definition) is 3. The van der Waals surface area contributed by atoms with Crippen LogP contribution in [-0.4, -0.2) is 28.0 Å². The van der Waals surface area contributed by atoms with Crippen molar-refractivity contribution in [3.05, 3.63) is 46.8 Å². The number of esters is 1. The molecule has 0 bridgehead atoms. The number of alkyl halides is 3. The number of hydrogen-bond donors (Lipinski definition) is 0. The maximum atomic E-state index is 13.4. The SMILES string of the molecule is C[C@@H](OC(=O)c1nn(-c2cc(F)cc(F)c2)c2c1CCC2)C(F)(F)F.